The summed E-state index contributed by atoms with van der Waals surface area (Å²) in [5.41, 5.74) is 5.88. The lowest BCUT2D eigenvalue weighted by Gasteiger charge is -2.35. The van der Waals surface area contributed by atoms with Crippen molar-refractivity contribution in [3.05, 3.63) is 34.0 Å². The van der Waals surface area contributed by atoms with E-state index in [2.05, 4.69) is 20.6 Å². The van der Waals surface area contributed by atoms with E-state index in [-0.39, 0.29) is 34.5 Å². The number of carbonyl (C=O) groups is 1. The van der Waals surface area contributed by atoms with Gasteiger partial charge in [0, 0.05) is 0 Å². The maximum atomic E-state index is 13.2. The van der Waals surface area contributed by atoms with Gasteiger partial charge < -0.3 is 21.5 Å². The maximum absolute atomic E-state index is 13.2. The first-order chi connectivity index (χ1) is 12.4. The summed E-state index contributed by atoms with van der Waals surface area (Å²) in [5, 5.41) is 15.9. The Morgan fingerprint density at radius 3 is 2.73 bits per heavy atom. The SMILES string of the molecule is Cc1cc(Nc2ncnc(N)c2O)c(=O)n2c1C(=O)NC21CCCCC1. The Kier molecular flexibility index (Phi) is 3.60. The number of pyridine rings is 1. The van der Waals surface area contributed by atoms with Gasteiger partial charge in [0.15, 0.2) is 11.6 Å². The van der Waals surface area contributed by atoms with Gasteiger partial charge in [-0.2, -0.15) is 0 Å². The second-order valence-electron chi connectivity index (χ2n) is 6.86. The van der Waals surface area contributed by atoms with E-state index in [1.54, 1.807) is 17.6 Å². The second-order valence-corrected chi connectivity index (χ2v) is 6.86. The molecule has 1 spiro atoms. The van der Waals surface area contributed by atoms with Gasteiger partial charge >= 0.3 is 0 Å². The first-order valence-corrected chi connectivity index (χ1v) is 8.59. The summed E-state index contributed by atoms with van der Waals surface area (Å²) in [7, 11) is 0. The van der Waals surface area contributed by atoms with Crippen molar-refractivity contribution >= 4 is 23.2 Å². The van der Waals surface area contributed by atoms with Gasteiger partial charge in [-0.15, -0.1) is 0 Å². The molecule has 3 heterocycles. The lowest BCUT2D eigenvalue weighted by Crippen LogP contribution is -2.48. The van der Waals surface area contributed by atoms with Gasteiger partial charge in [0.2, 0.25) is 5.75 Å². The molecule has 9 heteroatoms. The van der Waals surface area contributed by atoms with Gasteiger partial charge in [-0.3, -0.25) is 14.2 Å². The normalized spacial score (nSPS) is 17.8. The number of hydrogen-bond acceptors (Lipinski definition) is 7. The Morgan fingerprint density at radius 1 is 1.27 bits per heavy atom. The molecule has 1 aliphatic carbocycles. The van der Waals surface area contributed by atoms with Crippen LogP contribution in [0.5, 0.6) is 5.75 Å². The molecular weight excluding hydrogens is 336 g/mol. The van der Waals surface area contributed by atoms with Crippen molar-refractivity contribution in [2.24, 2.45) is 0 Å². The molecule has 0 bridgehead atoms. The number of carbonyl (C=O) groups excluding carboxylic acids is 1. The zero-order valence-electron chi connectivity index (χ0n) is 14.4. The van der Waals surface area contributed by atoms with Crippen LogP contribution >= 0.6 is 0 Å². The molecule has 136 valence electrons. The zero-order valence-corrected chi connectivity index (χ0v) is 14.4. The predicted molar refractivity (Wildman–Crippen MR) is 95.4 cm³/mol. The van der Waals surface area contributed by atoms with Crippen LogP contribution in [0.4, 0.5) is 17.3 Å². The Morgan fingerprint density at radius 2 is 2.00 bits per heavy atom. The minimum absolute atomic E-state index is 0.0459. The average molecular weight is 356 g/mol. The van der Waals surface area contributed by atoms with E-state index >= 15 is 0 Å². The topological polar surface area (TPSA) is 135 Å². The van der Waals surface area contributed by atoms with Crippen molar-refractivity contribution in [2.75, 3.05) is 11.1 Å². The van der Waals surface area contributed by atoms with E-state index in [9.17, 15) is 14.7 Å². The molecule has 1 aliphatic heterocycles. The van der Waals surface area contributed by atoms with E-state index in [0.717, 1.165) is 32.1 Å². The van der Waals surface area contributed by atoms with E-state index in [0.29, 0.717) is 11.3 Å². The second kappa shape index (κ2) is 5.72. The van der Waals surface area contributed by atoms with Gasteiger partial charge in [-0.1, -0.05) is 6.42 Å². The number of fused-ring (bicyclic) bond motifs is 2. The van der Waals surface area contributed by atoms with Crippen LogP contribution in [-0.2, 0) is 5.66 Å². The summed E-state index contributed by atoms with van der Waals surface area (Å²) in [5.74, 6) is -0.579. The van der Waals surface area contributed by atoms with Crippen LogP contribution < -0.4 is 21.9 Å². The number of aromatic nitrogens is 3. The number of amides is 1. The van der Waals surface area contributed by atoms with Crippen molar-refractivity contribution in [1.29, 1.82) is 0 Å². The van der Waals surface area contributed by atoms with E-state index in [4.69, 9.17) is 5.73 Å². The Labute approximate surface area is 149 Å². The molecule has 1 fully saturated rings. The molecule has 26 heavy (non-hydrogen) atoms. The first kappa shape index (κ1) is 16.4. The molecule has 1 saturated carbocycles. The van der Waals surface area contributed by atoms with Gasteiger partial charge in [0.1, 0.15) is 23.4 Å². The third-order valence-electron chi connectivity index (χ3n) is 5.17. The standard InChI is InChI=1S/C17H20N6O3/c1-9-7-10(21-14-12(24)13(18)19-8-20-14)16(26)23-11(9)15(25)22-17(23)5-3-2-4-6-17/h7-8,24H,2-6H2,1H3,(H,22,25)(H3,18,19,20,21). The number of nitrogens with zero attached hydrogens (tertiary/aromatic N) is 3. The summed E-state index contributed by atoms with van der Waals surface area (Å²) in [4.78, 5) is 33.3. The number of rotatable bonds is 2. The van der Waals surface area contributed by atoms with Crippen molar-refractivity contribution in [3.8, 4) is 5.75 Å². The lowest BCUT2D eigenvalue weighted by molar-refractivity contribution is 0.0876. The molecule has 0 aromatic carbocycles. The van der Waals surface area contributed by atoms with Gasteiger partial charge in [0.05, 0.1) is 0 Å². The Balaban J connectivity index is 1.86. The van der Waals surface area contributed by atoms with Gasteiger partial charge in [-0.25, -0.2) is 9.97 Å². The molecule has 1 amide bonds. The van der Waals surface area contributed by atoms with Crippen LogP contribution in [0.15, 0.2) is 17.2 Å². The minimum atomic E-state index is -0.670. The first-order valence-electron chi connectivity index (χ1n) is 8.59. The molecule has 2 aliphatic rings. The number of anilines is 3. The van der Waals surface area contributed by atoms with Crippen LogP contribution in [-0.4, -0.2) is 25.5 Å². The lowest BCUT2D eigenvalue weighted by atomic mass is 9.89. The highest BCUT2D eigenvalue weighted by Crippen LogP contribution is 2.37. The summed E-state index contributed by atoms with van der Waals surface area (Å²) >= 11 is 0. The quantitative estimate of drug-likeness (QED) is 0.637. The Hall–Kier alpha value is -3.10. The summed E-state index contributed by atoms with van der Waals surface area (Å²) in [6.07, 6.45) is 5.63. The number of aryl methyl sites for hydroxylation is 1. The summed E-state index contributed by atoms with van der Waals surface area (Å²) < 4.78 is 1.58. The highest BCUT2D eigenvalue weighted by Gasteiger charge is 2.45. The number of aromatic hydroxyl groups is 1. The third-order valence-corrected chi connectivity index (χ3v) is 5.17. The van der Waals surface area contributed by atoms with Crippen molar-refractivity contribution in [1.82, 2.24) is 19.9 Å². The summed E-state index contributed by atoms with van der Waals surface area (Å²) in [6.45, 7) is 1.78. The molecule has 9 nitrogen and oxygen atoms in total. The van der Waals surface area contributed by atoms with Gasteiger partial charge in [-0.05, 0) is 44.2 Å². The molecule has 2 aromatic rings. The third kappa shape index (κ3) is 2.31. The molecule has 0 saturated heterocycles. The number of nitrogen functional groups attached to an aromatic ring is 1. The summed E-state index contributed by atoms with van der Waals surface area (Å²) in [6, 6.07) is 1.59. The molecule has 0 radical (unpaired) electrons. The zero-order chi connectivity index (χ0) is 18.5. The molecule has 5 N–H and O–H groups in total. The smallest absolute Gasteiger partial charge is 0.276 e. The van der Waals surface area contributed by atoms with Crippen LogP contribution in [0.3, 0.4) is 0 Å². The van der Waals surface area contributed by atoms with Crippen LogP contribution in [0.25, 0.3) is 0 Å². The largest absolute Gasteiger partial charge is 0.502 e. The van der Waals surface area contributed by atoms with Crippen LogP contribution in [0.1, 0.15) is 48.2 Å². The number of nitrogens with two attached hydrogens (primary N) is 1. The fourth-order valence-electron chi connectivity index (χ4n) is 3.95. The minimum Gasteiger partial charge on any atom is -0.502 e. The van der Waals surface area contributed by atoms with Crippen molar-refractivity contribution < 1.29 is 9.90 Å². The average Bonchev–Trinajstić information content (AvgIpc) is 2.89. The van der Waals surface area contributed by atoms with E-state index < -0.39 is 5.66 Å². The van der Waals surface area contributed by atoms with Gasteiger partial charge in [0.25, 0.3) is 11.5 Å². The molecular formula is C17H20N6O3. The van der Waals surface area contributed by atoms with Crippen LogP contribution in [0.2, 0.25) is 0 Å². The fourth-order valence-corrected chi connectivity index (χ4v) is 3.95. The maximum Gasteiger partial charge on any atom is 0.276 e. The van der Waals surface area contributed by atoms with Crippen LogP contribution in [0, 0.1) is 6.92 Å². The highest BCUT2D eigenvalue weighted by molar-refractivity contribution is 5.97. The van der Waals surface area contributed by atoms with E-state index in [1.165, 1.54) is 6.33 Å². The van der Waals surface area contributed by atoms with Crippen molar-refractivity contribution in [2.45, 2.75) is 44.7 Å². The van der Waals surface area contributed by atoms with E-state index in [1.807, 2.05) is 0 Å². The molecule has 2 aromatic heterocycles. The highest BCUT2D eigenvalue weighted by atomic mass is 16.3. The molecule has 4 rings (SSSR count). The monoisotopic (exact) mass is 356 g/mol. The van der Waals surface area contributed by atoms with Crippen molar-refractivity contribution in [3.63, 3.8) is 0 Å². The number of hydrogen-bond donors (Lipinski definition) is 4. The fraction of sp³-hybridized carbons (Fsp3) is 0.412. The molecule has 0 atom stereocenters. The number of nitrogens with one attached hydrogen (secondary N) is 2. The predicted octanol–water partition coefficient (Wildman–Crippen LogP) is 1.34. The molecule has 0 unspecified atom stereocenters. The Bertz CT molecular complexity index is 962.